The number of piperidine rings is 1. The zero-order valence-electron chi connectivity index (χ0n) is 18.4. The van der Waals surface area contributed by atoms with Crippen molar-refractivity contribution in [1.82, 2.24) is 10.2 Å². The fraction of sp³-hybridized carbons (Fsp3) is 0.500. The molecule has 4 nitrogen and oxygen atoms in total. The number of likely N-dealkylation sites (tertiary alicyclic amines) is 1. The topological polar surface area (TPSA) is 41.6 Å². The minimum absolute atomic E-state index is 0.00385. The van der Waals surface area contributed by atoms with Crippen molar-refractivity contribution >= 4 is 17.5 Å². The molecule has 0 bridgehead atoms. The van der Waals surface area contributed by atoms with Crippen LogP contribution in [0.15, 0.2) is 48.5 Å². The van der Waals surface area contributed by atoms with E-state index in [4.69, 9.17) is 16.3 Å². The highest BCUT2D eigenvalue weighted by atomic mass is 35.5. The largest absolute Gasteiger partial charge is 0.490 e. The van der Waals surface area contributed by atoms with Gasteiger partial charge in [0.05, 0.1) is 0 Å². The van der Waals surface area contributed by atoms with Crippen LogP contribution < -0.4 is 10.1 Å². The lowest BCUT2D eigenvalue weighted by molar-refractivity contribution is 0.0897. The van der Waals surface area contributed by atoms with Gasteiger partial charge in [-0.1, -0.05) is 11.6 Å². The van der Waals surface area contributed by atoms with E-state index in [-0.39, 0.29) is 23.9 Å². The van der Waals surface area contributed by atoms with Crippen molar-refractivity contribution in [2.45, 2.75) is 57.1 Å². The van der Waals surface area contributed by atoms with Crippen LogP contribution in [-0.4, -0.2) is 42.6 Å². The molecule has 2 aliphatic rings. The molecular weight excluding hydrogens is 427 g/mol. The second-order valence-electron chi connectivity index (χ2n) is 9.10. The Balaban J connectivity index is 1.11. The molecular formula is C26H32ClFN2O2. The predicted octanol–water partition coefficient (Wildman–Crippen LogP) is 5.70. The fourth-order valence-corrected chi connectivity index (χ4v) is 4.91. The molecule has 0 unspecified atom stereocenters. The normalized spacial score (nSPS) is 22.4. The second kappa shape index (κ2) is 11.2. The first-order valence-electron chi connectivity index (χ1n) is 11.8. The Labute approximate surface area is 195 Å². The highest BCUT2D eigenvalue weighted by molar-refractivity contribution is 6.30. The standard InChI is InChI=1S/C26H32ClFN2O2/c27-21-5-3-20(4-6-21)26(31)29-23-9-1-19(2-10-23)13-16-30-17-14-25(15-18-30)32-24-11-7-22(28)8-12-24/h3-8,11-12,19,23,25H,1-2,9-10,13-18H2,(H,29,31). The lowest BCUT2D eigenvalue weighted by Gasteiger charge is -2.34. The third-order valence-electron chi connectivity index (χ3n) is 6.79. The zero-order valence-corrected chi connectivity index (χ0v) is 19.2. The van der Waals surface area contributed by atoms with E-state index in [2.05, 4.69) is 10.2 Å². The monoisotopic (exact) mass is 458 g/mol. The van der Waals surface area contributed by atoms with Crippen molar-refractivity contribution < 1.29 is 13.9 Å². The van der Waals surface area contributed by atoms with Crippen LogP contribution in [0.5, 0.6) is 5.75 Å². The van der Waals surface area contributed by atoms with Gasteiger partial charge in [0.1, 0.15) is 17.7 Å². The lowest BCUT2D eigenvalue weighted by atomic mass is 9.84. The Hall–Kier alpha value is -2.11. The number of carbonyl (C=O) groups excluding carboxylic acids is 1. The third-order valence-corrected chi connectivity index (χ3v) is 7.04. The highest BCUT2D eigenvalue weighted by Crippen LogP contribution is 2.28. The average molecular weight is 459 g/mol. The summed E-state index contributed by atoms with van der Waals surface area (Å²) in [7, 11) is 0. The number of ether oxygens (including phenoxy) is 1. The van der Waals surface area contributed by atoms with Gasteiger partial charge in [-0.05, 0) is 106 Å². The molecule has 1 amide bonds. The molecule has 1 aliphatic heterocycles. The van der Waals surface area contributed by atoms with Crippen molar-refractivity contribution in [3.63, 3.8) is 0 Å². The van der Waals surface area contributed by atoms with Gasteiger partial charge in [-0.3, -0.25) is 4.79 Å². The second-order valence-corrected chi connectivity index (χ2v) is 9.54. The first kappa shape index (κ1) is 23.1. The quantitative estimate of drug-likeness (QED) is 0.578. The molecule has 0 spiro atoms. The van der Waals surface area contributed by atoms with E-state index in [1.165, 1.54) is 31.4 Å². The minimum Gasteiger partial charge on any atom is -0.490 e. The molecule has 1 saturated carbocycles. The SMILES string of the molecule is O=C(NC1CCC(CCN2CCC(Oc3ccc(F)cc3)CC2)CC1)c1ccc(Cl)cc1. The summed E-state index contributed by atoms with van der Waals surface area (Å²) in [6, 6.07) is 13.6. The molecule has 2 aromatic rings. The van der Waals surface area contributed by atoms with Crippen molar-refractivity contribution in [3.8, 4) is 5.75 Å². The van der Waals surface area contributed by atoms with E-state index >= 15 is 0 Å². The minimum atomic E-state index is -0.231. The Kier molecular flexibility index (Phi) is 8.04. The van der Waals surface area contributed by atoms with Gasteiger partial charge < -0.3 is 15.0 Å². The van der Waals surface area contributed by atoms with E-state index in [1.807, 2.05) is 0 Å². The first-order chi connectivity index (χ1) is 15.5. The van der Waals surface area contributed by atoms with Crippen LogP contribution in [0.1, 0.15) is 55.3 Å². The van der Waals surface area contributed by atoms with Gasteiger partial charge in [0, 0.05) is 29.7 Å². The molecule has 0 aromatic heterocycles. The maximum Gasteiger partial charge on any atom is 0.251 e. The molecule has 1 aliphatic carbocycles. The Bertz CT molecular complexity index is 858. The van der Waals surface area contributed by atoms with Gasteiger partial charge in [-0.25, -0.2) is 4.39 Å². The summed E-state index contributed by atoms with van der Waals surface area (Å²) in [5, 5.41) is 3.83. The summed E-state index contributed by atoms with van der Waals surface area (Å²) in [5.41, 5.74) is 0.670. The number of benzene rings is 2. The summed E-state index contributed by atoms with van der Waals surface area (Å²) in [6.07, 6.45) is 7.93. The number of hydrogen-bond donors (Lipinski definition) is 1. The third kappa shape index (κ3) is 6.69. The van der Waals surface area contributed by atoms with Gasteiger partial charge in [0.15, 0.2) is 0 Å². The van der Waals surface area contributed by atoms with Crippen LogP contribution in [0, 0.1) is 11.7 Å². The van der Waals surface area contributed by atoms with Gasteiger partial charge >= 0.3 is 0 Å². The average Bonchev–Trinajstić information content (AvgIpc) is 2.81. The molecule has 6 heteroatoms. The van der Waals surface area contributed by atoms with Gasteiger partial charge in [0.2, 0.25) is 0 Å². The molecule has 4 rings (SSSR count). The molecule has 1 heterocycles. The number of nitrogens with one attached hydrogen (secondary N) is 1. The first-order valence-corrected chi connectivity index (χ1v) is 12.1. The van der Waals surface area contributed by atoms with Crippen molar-refractivity contribution in [3.05, 3.63) is 64.9 Å². The maximum absolute atomic E-state index is 13.0. The number of amides is 1. The molecule has 0 radical (unpaired) electrons. The molecule has 2 aromatic carbocycles. The summed E-state index contributed by atoms with van der Waals surface area (Å²) < 4.78 is 19.0. The maximum atomic E-state index is 13.0. The molecule has 2 fully saturated rings. The Morgan fingerprint density at radius 2 is 1.62 bits per heavy atom. The van der Waals surface area contributed by atoms with Crippen molar-refractivity contribution in [2.75, 3.05) is 19.6 Å². The van der Waals surface area contributed by atoms with Crippen molar-refractivity contribution in [2.24, 2.45) is 5.92 Å². The zero-order chi connectivity index (χ0) is 22.3. The molecule has 1 saturated heterocycles. The number of hydrogen-bond acceptors (Lipinski definition) is 3. The van der Waals surface area contributed by atoms with E-state index in [1.54, 1.807) is 36.4 Å². The van der Waals surface area contributed by atoms with Crippen LogP contribution >= 0.6 is 11.6 Å². The Morgan fingerprint density at radius 1 is 0.969 bits per heavy atom. The number of nitrogens with zero attached hydrogens (tertiary/aromatic N) is 1. The smallest absolute Gasteiger partial charge is 0.251 e. The van der Waals surface area contributed by atoms with E-state index < -0.39 is 0 Å². The van der Waals surface area contributed by atoms with Gasteiger partial charge in [-0.15, -0.1) is 0 Å². The Morgan fingerprint density at radius 3 is 2.28 bits per heavy atom. The summed E-state index contributed by atoms with van der Waals surface area (Å²) in [4.78, 5) is 14.9. The van der Waals surface area contributed by atoms with Gasteiger partial charge in [0.25, 0.3) is 5.91 Å². The molecule has 0 atom stereocenters. The summed E-state index contributed by atoms with van der Waals surface area (Å²) in [6.45, 7) is 3.24. The van der Waals surface area contributed by atoms with E-state index in [0.717, 1.165) is 57.0 Å². The van der Waals surface area contributed by atoms with E-state index in [9.17, 15) is 9.18 Å². The summed E-state index contributed by atoms with van der Waals surface area (Å²) in [5.74, 6) is 1.26. The van der Waals surface area contributed by atoms with Gasteiger partial charge in [-0.2, -0.15) is 0 Å². The molecule has 172 valence electrons. The highest BCUT2D eigenvalue weighted by Gasteiger charge is 2.25. The lowest BCUT2D eigenvalue weighted by Crippen LogP contribution is -2.40. The van der Waals surface area contributed by atoms with Crippen LogP contribution in [0.3, 0.4) is 0 Å². The fourth-order valence-electron chi connectivity index (χ4n) is 4.79. The van der Waals surface area contributed by atoms with Crippen LogP contribution in [0.2, 0.25) is 5.02 Å². The molecule has 1 N–H and O–H groups in total. The van der Waals surface area contributed by atoms with Crippen LogP contribution in [0.25, 0.3) is 0 Å². The number of halogens is 2. The number of carbonyl (C=O) groups is 1. The predicted molar refractivity (Wildman–Crippen MR) is 126 cm³/mol. The van der Waals surface area contributed by atoms with Crippen molar-refractivity contribution in [1.29, 1.82) is 0 Å². The molecule has 32 heavy (non-hydrogen) atoms. The van der Waals surface area contributed by atoms with Crippen LogP contribution in [-0.2, 0) is 0 Å². The summed E-state index contributed by atoms with van der Waals surface area (Å²) >= 11 is 5.90. The number of rotatable bonds is 7. The van der Waals surface area contributed by atoms with Crippen LogP contribution in [0.4, 0.5) is 4.39 Å². The van der Waals surface area contributed by atoms with E-state index in [0.29, 0.717) is 10.6 Å².